The summed E-state index contributed by atoms with van der Waals surface area (Å²) in [6.45, 7) is 7.64. The number of carboxylic acid groups (broad SMARTS) is 1. The van der Waals surface area contributed by atoms with Gasteiger partial charge < -0.3 is 20.6 Å². The number of piperidine rings is 1. The van der Waals surface area contributed by atoms with Crippen molar-refractivity contribution in [2.75, 3.05) is 20.1 Å². The molecule has 1 saturated heterocycles. The molecule has 1 unspecified atom stereocenters. The Balaban J connectivity index is 2.62. The molecule has 1 atom stereocenters. The number of hydrogen-bond donors (Lipinski definition) is 3. The van der Waals surface area contributed by atoms with Crippen LogP contribution in [0.2, 0.25) is 0 Å². The maximum Gasteiger partial charge on any atom is 0.317 e. The van der Waals surface area contributed by atoms with E-state index in [1.807, 2.05) is 20.8 Å². The molecule has 6 nitrogen and oxygen atoms in total. The molecule has 0 spiro atoms. The molecule has 0 radical (unpaired) electrons. The van der Waals surface area contributed by atoms with E-state index in [-0.39, 0.29) is 30.0 Å². The number of carbonyl (C=O) groups is 2. The van der Waals surface area contributed by atoms with Gasteiger partial charge in [0.05, 0.1) is 6.42 Å². The number of nitrogens with zero attached hydrogens (tertiary/aromatic N) is 1. The van der Waals surface area contributed by atoms with Crippen molar-refractivity contribution in [1.82, 2.24) is 15.5 Å². The Hall–Kier alpha value is -1.30. The van der Waals surface area contributed by atoms with Gasteiger partial charge in [0.2, 0.25) is 0 Å². The van der Waals surface area contributed by atoms with E-state index in [1.165, 1.54) is 0 Å². The third kappa shape index (κ3) is 5.00. The van der Waals surface area contributed by atoms with E-state index < -0.39 is 5.97 Å². The number of amides is 2. The highest BCUT2D eigenvalue weighted by Crippen LogP contribution is 2.22. The Labute approximate surface area is 120 Å². The molecule has 2 amide bonds. The summed E-state index contributed by atoms with van der Waals surface area (Å²) in [7, 11) is 1.78. The van der Waals surface area contributed by atoms with Crippen LogP contribution < -0.4 is 10.6 Å². The number of rotatable bonds is 4. The quantitative estimate of drug-likeness (QED) is 0.726. The Morgan fingerprint density at radius 3 is 2.35 bits per heavy atom. The fourth-order valence-corrected chi connectivity index (χ4v) is 2.36. The van der Waals surface area contributed by atoms with Gasteiger partial charge in [0.25, 0.3) is 0 Å². The Morgan fingerprint density at radius 2 is 1.90 bits per heavy atom. The lowest BCUT2D eigenvalue weighted by atomic mass is 9.85. The van der Waals surface area contributed by atoms with Crippen molar-refractivity contribution < 1.29 is 14.7 Å². The molecule has 1 heterocycles. The molecule has 0 saturated carbocycles. The maximum absolute atomic E-state index is 12.3. The summed E-state index contributed by atoms with van der Waals surface area (Å²) >= 11 is 0. The molecule has 1 aliphatic rings. The fraction of sp³-hybridized carbons (Fsp3) is 0.857. The van der Waals surface area contributed by atoms with Crippen molar-refractivity contribution in [1.29, 1.82) is 0 Å². The van der Waals surface area contributed by atoms with Crippen LogP contribution >= 0.6 is 0 Å². The van der Waals surface area contributed by atoms with Crippen molar-refractivity contribution in [3.8, 4) is 0 Å². The second kappa shape index (κ2) is 6.92. The van der Waals surface area contributed by atoms with E-state index >= 15 is 0 Å². The van der Waals surface area contributed by atoms with Crippen LogP contribution in [0.3, 0.4) is 0 Å². The molecule has 0 aromatic rings. The Kier molecular flexibility index (Phi) is 5.80. The predicted molar refractivity (Wildman–Crippen MR) is 77.7 cm³/mol. The van der Waals surface area contributed by atoms with Gasteiger partial charge in [-0.05, 0) is 31.3 Å². The second-order valence-electron chi connectivity index (χ2n) is 6.56. The predicted octanol–water partition coefficient (Wildman–Crippen LogP) is 1.27. The number of urea groups is 1. The largest absolute Gasteiger partial charge is 0.481 e. The van der Waals surface area contributed by atoms with Crippen LogP contribution in [-0.4, -0.2) is 54.2 Å². The number of carbonyl (C=O) groups excluding carboxylic acids is 1. The van der Waals surface area contributed by atoms with Gasteiger partial charge >= 0.3 is 12.0 Å². The minimum atomic E-state index is -0.894. The van der Waals surface area contributed by atoms with E-state index in [9.17, 15) is 9.59 Å². The highest BCUT2D eigenvalue weighted by Gasteiger charge is 2.31. The highest BCUT2D eigenvalue weighted by molar-refractivity contribution is 5.76. The smallest absolute Gasteiger partial charge is 0.317 e. The first-order chi connectivity index (χ1) is 9.21. The van der Waals surface area contributed by atoms with Crippen molar-refractivity contribution in [2.45, 2.75) is 52.1 Å². The molecule has 0 aromatic heterocycles. The van der Waals surface area contributed by atoms with Gasteiger partial charge in [-0.1, -0.05) is 20.8 Å². The molecular weight excluding hydrogens is 258 g/mol. The van der Waals surface area contributed by atoms with Crippen LogP contribution in [0.1, 0.15) is 40.0 Å². The minimum Gasteiger partial charge on any atom is -0.481 e. The zero-order valence-electron chi connectivity index (χ0n) is 12.9. The first-order valence-corrected chi connectivity index (χ1v) is 7.17. The summed E-state index contributed by atoms with van der Waals surface area (Å²) in [5.74, 6) is -0.894. The molecular formula is C14H27N3O3. The zero-order chi connectivity index (χ0) is 15.3. The average Bonchev–Trinajstić information content (AvgIpc) is 2.36. The van der Waals surface area contributed by atoms with Gasteiger partial charge in [-0.15, -0.1) is 0 Å². The Morgan fingerprint density at radius 1 is 1.35 bits per heavy atom. The first-order valence-electron chi connectivity index (χ1n) is 7.17. The number of aliphatic carboxylic acids is 1. The number of carboxylic acids is 1. The standard InChI is InChI=1S/C14H27N3O3/c1-14(2,3)11(9-12(18)19)16-13(20)17(4)10-5-7-15-8-6-10/h10-11,15H,5-9H2,1-4H3,(H,16,20)(H,18,19). The van der Waals surface area contributed by atoms with Crippen LogP contribution in [-0.2, 0) is 4.79 Å². The van der Waals surface area contributed by atoms with Gasteiger partial charge in [0.15, 0.2) is 0 Å². The van der Waals surface area contributed by atoms with Crippen molar-refractivity contribution in [3.05, 3.63) is 0 Å². The Bertz CT molecular complexity index is 346. The minimum absolute atomic E-state index is 0.0602. The molecule has 0 aromatic carbocycles. The molecule has 0 aliphatic carbocycles. The zero-order valence-corrected chi connectivity index (χ0v) is 12.9. The highest BCUT2D eigenvalue weighted by atomic mass is 16.4. The second-order valence-corrected chi connectivity index (χ2v) is 6.56. The van der Waals surface area contributed by atoms with E-state index in [4.69, 9.17) is 5.11 Å². The topological polar surface area (TPSA) is 81.7 Å². The summed E-state index contributed by atoms with van der Waals surface area (Å²) < 4.78 is 0. The summed E-state index contributed by atoms with van der Waals surface area (Å²) in [4.78, 5) is 24.9. The van der Waals surface area contributed by atoms with E-state index in [0.717, 1.165) is 25.9 Å². The molecule has 6 heteroatoms. The molecule has 1 fully saturated rings. The van der Waals surface area contributed by atoms with Gasteiger partial charge in [-0.3, -0.25) is 4.79 Å². The SMILES string of the molecule is CN(C(=O)NC(CC(=O)O)C(C)(C)C)C1CCNCC1. The van der Waals surface area contributed by atoms with Crippen LogP contribution in [0, 0.1) is 5.41 Å². The molecule has 1 aliphatic heterocycles. The lowest BCUT2D eigenvalue weighted by molar-refractivity contribution is -0.138. The average molecular weight is 285 g/mol. The summed E-state index contributed by atoms with van der Waals surface area (Å²) in [6, 6.07) is -0.337. The molecule has 3 N–H and O–H groups in total. The summed E-state index contributed by atoms with van der Waals surface area (Å²) in [5.41, 5.74) is -0.289. The monoisotopic (exact) mass is 285 g/mol. The number of hydrogen-bond acceptors (Lipinski definition) is 3. The van der Waals surface area contributed by atoms with Gasteiger partial charge in [-0.2, -0.15) is 0 Å². The normalized spacial score (nSPS) is 18.4. The van der Waals surface area contributed by atoms with Crippen LogP contribution in [0.15, 0.2) is 0 Å². The lowest BCUT2D eigenvalue weighted by Gasteiger charge is -2.36. The van der Waals surface area contributed by atoms with Crippen LogP contribution in [0.4, 0.5) is 4.79 Å². The van der Waals surface area contributed by atoms with Gasteiger partial charge in [-0.25, -0.2) is 4.79 Å². The van der Waals surface area contributed by atoms with Crippen LogP contribution in [0.5, 0.6) is 0 Å². The third-order valence-electron chi connectivity index (χ3n) is 3.90. The number of nitrogens with one attached hydrogen (secondary N) is 2. The third-order valence-corrected chi connectivity index (χ3v) is 3.90. The van der Waals surface area contributed by atoms with Crippen molar-refractivity contribution in [2.24, 2.45) is 5.41 Å². The van der Waals surface area contributed by atoms with Crippen molar-refractivity contribution in [3.63, 3.8) is 0 Å². The molecule has 0 bridgehead atoms. The van der Waals surface area contributed by atoms with E-state index in [2.05, 4.69) is 10.6 Å². The van der Waals surface area contributed by atoms with Gasteiger partial charge in [0.1, 0.15) is 0 Å². The lowest BCUT2D eigenvalue weighted by Crippen LogP contribution is -2.53. The maximum atomic E-state index is 12.3. The first kappa shape index (κ1) is 16.8. The summed E-state index contributed by atoms with van der Waals surface area (Å²) in [5, 5.41) is 15.1. The molecule has 20 heavy (non-hydrogen) atoms. The fourth-order valence-electron chi connectivity index (χ4n) is 2.36. The summed E-state index contributed by atoms with van der Waals surface area (Å²) in [6.07, 6.45) is 1.81. The van der Waals surface area contributed by atoms with E-state index in [0.29, 0.717) is 0 Å². The van der Waals surface area contributed by atoms with E-state index in [1.54, 1.807) is 11.9 Å². The van der Waals surface area contributed by atoms with Crippen LogP contribution in [0.25, 0.3) is 0 Å². The van der Waals surface area contributed by atoms with Gasteiger partial charge in [0, 0.05) is 19.1 Å². The van der Waals surface area contributed by atoms with Crippen molar-refractivity contribution >= 4 is 12.0 Å². The molecule has 116 valence electrons. The molecule has 1 rings (SSSR count).